The Morgan fingerprint density at radius 2 is 2.00 bits per heavy atom. The molecular formula is C15H19ClN2O2. The standard InChI is InChI=1S/C15H19ClN2O2/c1-3-8-17-13(19)15(6-7-15)14(20)18-12-5-4-11(16)9-10(12)2/h4-5,9H,3,6-8H2,1-2H3,(H,17,19)(H,18,20). The fraction of sp³-hybridized carbons (Fsp3) is 0.467. The van der Waals surface area contributed by atoms with Gasteiger partial charge in [0.2, 0.25) is 11.8 Å². The average molecular weight is 295 g/mol. The van der Waals surface area contributed by atoms with Crippen LogP contribution >= 0.6 is 11.6 Å². The van der Waals surface area contributed by atoms with Crippen LogP contribution in [0, 0.1) is 12.3 Å². The minimum absolute atomic E-state index is 0.163. The lowest BCUT2D eigenvalue weighted by Crippen LogP contribution is -2.40. The molecule has 0 aromatic heterocycles. The van der Waals surface area contributed by atoms with Crippen molar-refractivity contribution in [3.8, 4) is 0 Å². The van der Waals surface area contributed by atoms with Crippen molar-refractivity contribution in [3.05, 3.63) is 28.8 Å². The molecule has 2 rings (SSSR count). The van der Waals surface area contributed by atoms with Gasteiger partial charge in [0.15, 0.2) is 0 Å². The summed E-state index contributed by atoms with van der Waals surface area (Å²) in [6.45, 7) is 4.46. The minimum Gasteiger partial charge on any atom is -0.355 e. The Kier molecular flexibility index (Phi) is 4.33. The summed E-state index contributed by atoms with van der Waals surface area (Å²) in [5.41, 5.74) is 0.714. The smallest absolute Gasteiger partial charge is 0.240 e. The molecule has 0 heterocycles. The van der Waals surface area contributed by atoms with Gasteiger partial charge in [-0.1, -0.05) is 18.5 Å². The zero-order valence-corrected chi connectivity index (χ0v) is 12.5. The summed E-state index contributed by atoms with van der Waals surface area (Å²) in [6.07, 6.45) is 2.09. The number of anilines is 1. The molecule has 1 aliphatic carbocycles. The molecular weight excluding hydrogens is 276 g/mol. The van der Waals surface area contributed by atoms with Crippen LogP contribution in [0.3, 0.4) is 0 Å². The lowest BCUT2D eigenvalue weighted by molar-refractivity contribution is -0.134. The highest BCUT2D eigenvalue weighted by Crippen LogP contribution is 2.47. The second-order valence-corrected chi connectivity index (χ2v) is 5.69. The maximum Gasteiger partial charge on any atom is 0.240 e. The summed E-state index contributed by atoms with van der Waals surface area (Å²) in [5, 5.41) is 6.27. The first kappa shape index (κ1) is 14.9. The normalized spacial score (nSPS) is 15.6. The second kappa shape index (κ2) is 5.83. The largest absolute Gasteiger partial charge is 0.355 e. The number of rotatable bonds is 5. The molecule has 0 spiro atoms. The van der Waals surface area contributed by atoms with E-state index in [0.717, 1.165) is 12.0 Å². The van der Waals surface area contributed by atoms with Crippen LogP contribution in [0.25, 0.3) is 0 Å². The van der Waals surface area contributed by atoms with Crippen molar-refractivity contribution in [2.24, 2.45) is 5.41 Å². The number of amides is 2. The van der Waals surface area contributed by atoms with Crippen molar-refractivity contribution < 1.29 is 9.59 Å². The molecule has 1 aromatic carbocycles. The summed E-state index contributed by atoms with van der Waals surface area (Å²) in [7, 11) is 0. The molecule has 20 heavy (non-hydrogen) atoms. The maximum atomic E-state index is 12.3. The van der Waals surface area contributed by atoms with Crippen molar-refractivity contribution in [2.45, 2.75) is 33.1 Å². The molecule has 0 unspecified atom stereocenters. The van der Waals surface area contributed by atoms with Gasteiger partial charge in [-0.25, -0.2) is 0 Å². The first-order valence-electron chi connectivity index (χ1n) is 6.85. The number of hydrogen-bond acceptors (Lipinski definition) is 2. The lowest BCUT2D eigenvalue weighted by atomic mass is 10.0. The molecule has 1 aromatic rings. The average Bonchev–Trinajstić information content (AvgIpc) is 3.20. The molecule has 2 N–H and O–H groups in total. The Morgan fingerprint density at radius 3 is 2.55 bits per heavy atom. The van der Waals surface area contributed by atoms with Gasteiger partial charge in [0.05, 0.1) is 0 Å². The van der Waals surface area contributed by atoms with Crippen LogP contribution in [0.15, 0.2) is 18.2 Å². The second-order valence-electron chi connectivity index (χ2n) is 5.25. The van der Waals surface area contributed by atoms with E-state index < -0.39 is 5.41 Å². The van der Waals surface area contributed by atoms with E-state index in [1.54, 1.807) is 18.2 Å². The van der Waals surface area contributed by atoms with E-state index in [9.17, 15) is 9.59 Å². The zero-order valence-electron chi connectivity index (χ0n) is 11.8. The van der Waals surface area contributed by atoms with Gasteiger partial charge in [-0.15, -0.1) is 0 Å². The van der Waals surface area contributed by atoms with E-state index in [4.69, 9.17) is 11.6 Å². The monoisotopic (exact) mass is 294 g/mol. The third-order valence-electron chi connectivity index (χ3n) is 3.59. The molecule has 1 saturated carbocycles. The number of carbonyl (C=O) groups excluding carboxylic acids is 2. The number of halogens is 1. The number of carbonyl (C=O) groups is 2. The van der Waals surface area contributed by atoms with E-state index in [1.807, 2.05) is 13.8 Å². The number of benzene rings is 1. The van der Waals surface area contributed by atoms with Crippen molar-refractivity contribution in [1.82, 2.24) is 5.32 Å². The van der Waals surface area contributed by atoms with Gasteiger partial charge in [-0.3, -0.25) is 9.59 Å². The summed E-state index contributed by atoms with van der Waals surface area (Å²) < 4.78 is 0. The van der Waals surface area contributed by atoms with E-state index in [1.165, 1.54) is 0 Å². The van der Waals surface area contributed by atoms with Gasteiger partial charge in [-0.2, -0.15) is 0 Å². The van der Waals surface area contributed by atoms with Crippen LogP contribution in [-0.2, 0) is 9.59 Å². The van der Waals surface area contributed by atoms with Crippen LogP contribution in [0.4, 0.5) is 5.69 Å². The van der Waals surface area contributed by atoms with Crippen LogP contribution in [0.1, 0.15) is 31.7 Å². The Bertz CT molecular complexity index is 539. The third kappa shape index (κ3) is 2.96. The molecule has 1 aliphatic rings. The topological polar surface area (TPSA) is 58.2 Å². The van der Waals surface area contributed by atoms with Crippen molar-refractivity contribution in [3.63, 3.8) is 0 Å². The van der Waals surface area contributed by atoms with Crippen LogP contribution in [0.2, 0.25) is 5.02 Å². The molecule has 0 aliphatic heterocycles. The fourth-order valence-corrected chi connectivity index (χ4v) is 2.33. The Morgan fingerprint density at radius 1 is 1.30 bits per heavy atom. The molecule has 1 fully saturated rings. The summed E-state index contributed by atoms with van der Waals surface area (Å²) >= 11 is 5.89. The van der Waals surface area contributed by atoms with Gasteiger partial charge < -0.3 is 10.6 Å². The van der Waals surface area contributed by atoms with Gasteiger partial charge in [0, 0.05) is 17.3 Å². The summed E-state index contributed by atoms with van der Waals surface area (Å²) in [4.78, 5) is 24.4. The summed E-state index contributed by atoms with van der Waals surface area (Å²) in [6, 6.07) is 5.27. The van der Waals surface area contributed by atoms with Gasteiger partial charge in [-0.05, 0) is 49.9 Å². The van der Waals surface area contributed by atoms with E-state index in [2.05, 4.69) is 10.6 Å². The van der Waals surface area contributed by atoms with E-state index in [0.29, 0.717) is 30.1 Å². The molecule has 2 amide bonds. The SMILES string of the molecule is CCCNC(=O)C1(C(=O)Nc2ccc(Cl)cc2C)CC1. The van der Waals surface area contributed by atoms with Crippen LogP contribution < -0.4 is 10.6 Å². The first-order valence-corrected chi connectivity index (χ1v) is 7.23. The number of aryl methyl sites for hydroxylation is 1. The zero-order chi connectivity index (χ0) is 14.8. The highest BCUT2D eigenvalue weighted by Gasteiger charge is 2.56. The Labute approximate surface area is 123 Å². The van der Waals surface area contributed by atoms with Gasteiger partial charge in [0.1, 0.15) is 5.41 Å². The molecule has 4 nitrogen and oxygen atoms in total. The van der Waals surface area contributed by atoms with Crippen LogP contribution in [-0.4, -0.2) is 18.4 Å². The van der Waals surface area contributed by atoms with Gasteiger partial charge in [0.25, 0.3) is 0 Å². The number of hydrogen-bond donors (Lipinski definition) is 2. The van der Waals surface area contributed by atoms with Crippen molar-refractivity contribution >= 4 is 29.1 Å². The molecule has 5 heteroatoms. The van der Waals surface area contributed by atoms with Gasteiger partial charge >= 0.3 is 0 Å². The predicted octanol–water partition coefficient (Wildman–Crippen LogP) is 2.89. The minimum atomic E-state index is -0.874. The summed E-state index contributed by atoms with van der Waals surface area (Å²) in [5.74, 6) is -0.389. The lowest BCUT2D eigenvalue weighted by Gasteiger charge is -2.16. The van der Waals surface area contributed by atoms with Crippen molar-refractivity contribution in [2.75, 3.05) is 11.9 Å². The first-order chi connectivity index (χ1) is 9.49. The third-order valence-corrected chi connectivity index (χ3v) is 3.83. The van der Waals surface area contributed by atoms with Crippen molar-refractivity contribution in [1.29, 1.82) is 0 Å². The Hall–Kier alpha value is -1.55. The van der Waals surface area contributed by atoms with E-state index in [-0.39, 0.29) is 11.8 Å². The molecule has 108 valence electrons. The quantitative estimate of drug-likeness (QED) is 0.820. The highest BCUT2D eigenvalue weighted by molar-refractivity contribution is 6.30. The highest BCUT2D eigenvalue weighted by atomic mass is 35.5. The molecule has 0 saturated heterocycles. The fourth-order valence-electron chi connectivity index (χ4n) is 2.10. The van der Waals surface area contributed by atoms with Crippen LogP contribution in [0.5, 0.6) is 0 Å². The maximum absolute atomic E-state index is 12.3. The predicted molar refractivity (Wildman–Crippen MR) is 79.8 cm³/mol. The Balaban J connectivity index is 2.06. The number of nitrogens with one attached hydrogen (secondary N) is 2. The molecule has 0 bridgehead atoms. The molecule has 0 atom stereocenters. The molecule has 0 radical (unpaired) electrons. The van der Waals surface area contributed by atoms with E-state index >= 15 is 0 Å².